The van der Waals surface area contributed by atoms with Gasteiger partial charge < -0.3 is 4.74 Å². The van der Waals surface area contributed by atoms with Gasteiger partial charge in [0.05, 0.1) is 0 Å². The van der Waals surface area contributed by atoms with Gasteiger partial charge in [0.25, 0.3) is 0 Å². The minimum atomic E-state index is -0.384. The summed E-state index contributed by atoms with van der Waals surface area (Å²) < 4.78 is 18.9. The van der Waals surface area contributed by atoms with Crippen molar-refractivity contribution >= 4 is 23.2 Å². The molecule has 94 valence electrons. The summed E-state index contributed by atoms with van der Waals surface area (Å²) in [6, 6.07) is 9.84. The molecule has 0 fully saturated rings. The van der Waals surface area contributed by atoms with E-state index in [4.69, 9.17) is 27.9 Å². The fraction of sp³-hybridized carbons (Fsp3) is 0.143. The summed E-state index contributed by atoms with van der Waals surface area (Å²) in [4.78, 5) is 0. The molecule has 0 bridgehead atoms. The lowest BCUT2D eigenvalue weighted by Crippen LogP contribution is -1.98. The average Bonchev–Trinajstić information content (AvgIpc) is 2.32. The maximum Gasteiger partial charge on any atom is 0.165 e. The lowest BCUT2D eigenvalue weighted by molar-refractivity contribution is 0.290. The Morgan fingerprint density at radius 3 is 2.61 bits per heavy atom. The van der Waals surface area contributed by atoms with Gasteiger partial charge in [-0.2, -0.15) is 0 Å². The number of benzene rings is 2. The molecule has 1 nitrogen and oxygen atoms in total. The van der Waals surface area contributed by atoms with Crippen molar-refractivity contribution in [3.63, 3.8) is 0 Å². The van der Waals surface area contributed by atoms with Gasteiger partial charge in [0.15, 0.2) is 11.6 Å². The highest BCUT2D eigenvalue weighted by molar-refractivity contribution is 6.35. The molecule has 2 aromatic rings. The van der Waals surface area contributed by atoms with E-state index < -0.39 is 0 Å². The smallest absolute Gasteiger partial charge is 0.165 e. The number of hydrogen-bond donors (Lipinski definition) is 0. The molecule has 2 aromatic carbocycles. The zero-order valence-electron chi connectivity index (χ0n) is 9.71. The second-order valence-electron chi connectivity index (χ2n) is 3.96. The van der Waals surface area contributed by atoms with Crippen LogP contribution in [0, 0.1) is 12.7 Å². The van der Waals surface area contributed by atoms with Crippen molar-refractivity contribution in [3.8, 4) is 5.75 Å². The van der Waals surface area contributed by atoms with Crippen molar-refractivity contribution in [1.29, 1.82) is 0 Å². The predicted molar refractivity (Wildman–Crippen MR) is 71.9 cm³/mol. The Morgan fingerprint density at radius 2 is 1.89 bits per heavy atom. The minimum absolute atomic E-state index is 0.205. The zero-order valence-corrected chi connectivity index (χ0v) is 11.2. The molecule has 18 heavy (non-hydrogen) atoms. The monoisotopic (exact) mass is 284 g/mol. The molecule has 0 saturated heterocycles. The average molecular weight is 285 g/mol. The lowest BCUT2D eigenvalue weighted by atomic mass is 10.2. The molecule has 0 heterocycles. The molecular formula is C14H11Cl2FO. The van der Waals surface area contributed by atoms with Gasteiger partial charge in [-0.25, -0.2) is 4.39 Å². The highest BCUT2D eigenvalue weighted by Crippen LogP contribution is 2.24. The van der Waals surface area contributed by atoms with Crippen LogP contribution in [0.3, 0.4) is 0 Å². The van der Waals surface area contributed by atoms with Crippen LogP contribution < -0.4 is 4.74 Å². The van der Waals surface area contributed by atoms with Gasteiger partial charge in [0, 0.05) is 15.6 Å². The summed E-state index contributed by atoms with van der Waals surface area (Å²) in [5.41, 5.74) is 1.70. The van der Waals surface area contributed by atoms with E-state index >= 15 is 0 Å². The van der Waals surface area contributed by atoms with Crippen LogP contribution in [-0.2, 0) is 6.61 Å². The second kappa shape index (κ2) is 5.59. The quantitative estimate of drug-likeness (QED) is 0.769. The minimum Gasteiger partial charge on any atom is -0.486 e. The Morgan fingerprint density at radius 1 is 1.11 bits per heavy atom. The van der Waals surface area contributed by atoms with E-state index in [1.165, 1.54) is 6.07 Å². The molecule has 0 radical (unpaired) electrons. The summed E-state index contributed by atoms with van der Waals surface area (Å²) in [5.74, 6) is -0.160. The first-order valence-electron chi connectivity index (χ1n) is 5.39. The van der Waals surface area contributed by atoms with Crippen LogP contribution in [0.4, 0.5) is 4.39 Å². The number of ether oxygens (including phenoxy) is 1. The molecule has 0 aromatic heterocycles. The van der Waals surface area contributed by atoms with Crippen LogP contribution in [0.25, 0.3) is 0 Å². The van der Waals surface area contributed by atoms with Crippen LogP contribution in [-0.4, -0.2) is 0 Å². The fourth-order valence-corrected chi connectivity index (χ4v) is 1.98. The number of rotatable bonds is 3. The van der Waals surface area contributed by atoms with Crippen LogP contribution in [0.1, 0.15) is 11.1 Å². The summed E-state index contributed by atoms with van der Waals surface area (Å²) in [6.45, 7) is 2.08. The number of hydrogen-bond acceptors (Lipinski definition) is 1. The third kappa shape index (κ3) is 3.15. The molecule has 0 aliphatic rings. The van der Waals surface area contributed by atoms with E-state index in [0.717, 1.165) is 11.1 Å². The van der Waals surface area contributed by atoms with Gasteiger partial charge >= 0.3 is 0 Å². The molecule has 0 saturated carbocycles. The molecule has 0 atom stereocenters. The fourth-order valence-electron chi connectivity index (χ4n) is 1.52. The van der Waals surface area contributed by atoms with E-state index in [-0.39, 0.29) is 18.2 Å². The molecule has 0 spiro atoms. The van der Waals surface area contributed by atoms with E-state index in [0.29, 0.717) is 10.0 Å². The van der Waals surface area contributed by atoms with Crippen LogP contribution in [0.2, 0.25) is 10.0 Å². The first kappa shape index (κ1) is 13.2. The summed E-state index contributed by atoms with van der Waals surface area (Å²) in [6.07, 6.45) is 0. The second-order valence-corrected chi connectivity index (χ2v) is 4.80. The number of aryl methyl sites for hydroxylation is 1. The van der Waals surface area contributed by atoms with Crippen molar-refractivity contribution in [1.82, 2.24) is 0 Å². The van der Waals surface area contributed by atoms with E-state index in [2.05, 4.69) is 0 Å². The highest BCUT2D eigenvalue weighted by atomic mass is 35.5. The van der Waals surface area contributed by atoms with Crippen molar-refractivity contribution in [2.24, 2.45) is 0 Å². The SMILES string of the molecule is Cc1ccc(F)c(OCc2ccc(Cl)cc2Cl)c1. The van der Waals surface area contributed by atoms with Gasteiger partial charge in [0.2, 0.25) is 0 Å². The molecule has 0 aliphatic carbocycles. The Kier molecular flexibility index (Phi) is 4.10. The zero-order chi connectivity index (χ0) is 13.1. The maximum absolute atomic E-state index is 13.5. The van der Waals surface area contributed by atoms with E-state index in [1.807, 2.05) is 6.92 Å². The summed E-state index contributed by atoms with van der Waals surface area (Å²) in [7, 11) is 0. The topological polar surface area (TPSA) is 9.23 Å². The molecule has 0 aliphatic heterocycles. The Bertz CT molecular complexity index is 570. The first-order chi connectivity index (χ1) is 8.56. The third-order valence-electron chi connectivity index (χ3n) is 2.48. The van der Waals surface area contributed by atoms with Crippen molar-refractivity contribution in [2.45, 2.75) is 13.5 Å². The normalized spacial score (nSPS) is 10.4. The third-order valence-corrected chi connectivity index (χ3v) is 3.07. The standard InChI is InChI=1S/C14H11Cl2FO/c1-9-2-5-13(17)14(6-9)18-8-10-3-4-11(15)7-12(10)16/h2-7H,8H2,1H3. The van der Waals surface area contributed by atoms with E-state index in [1.54, 1.807) is 30.3 Å². The van der Waals surface area contributed by atoms with Crippen molar-refractivity contribution in [3.05, 3.63) is 63.4 Å². The van der Waals surface area contributed by atoms with Crippen LogP contribution in [0.15, 0.2) is 36.4 Å². The summed E-state index contributed by atoms with van der Waals surface area (Å²) >= 11 is 11.8. The predicted octanol–water partition coefficient (Wildman–Crippen LogP) is 5.02. The van der Waals surface area contributed by atoms with Gasteiger partial charge in [-0.1, -0.05) is 35.3 Å². The maximum atomic E-state index is 13.5. The molecule has 0 amide bonds. The molecular weight excluding hydrogens is 274 g/mol. The van der Waals surface area contributed by atoms with Crippen LogP contribution in [0.5, 0.6) is 5.75 Å². The summed E-state index contributed by atoms with van der Waals surface area (Å²) in [5, 5.41) is 1.07. The lowest BCUT2D eigenvalue weighted by Gasteiger charge is -2.09. The van der Waals surface area contributed by atoms with Gasteiger partial charge in [-0.05, 0) is 36.8 Å². The van der Waals surface area contributed by atoms with Crippen LogP contribution >= 0.6 is 23.2 Å². The van der Waals surface area contributed by atoms with Crippen molar-refractivity contribution < 1.29 is 9.13 Å². The Labute approximate surface area is 115 Å². The molecule has 0 N–H and O–H groups in total. The number of halogens is 3. The first-order valence-corrected chi connectivity index (χ1v) is 6.15. The Balaban J connectivity index is 2.13. The Hall–Kier alpha value is -1.25. The van der Waals surface area contributed by atoms with Gasteiger partial charge in [-0.15, -0.1) is 0 Å². The largest absolute Gasteiger partial charge is 0.486 e. The van der Waals surface area contributed by atoms with E-state index in [9.17, 15) is 4.39 Å². The molecule has 4 heteroatoms. The molecule has 2 rings (SSSR count). The van der Waals surface area contributed by atoms with Gasteiger partial charge in [-0.3, -0.25) is 0 Å². The highest BCUT2D eigenvalue weighted by Gasteiger charge is 2.06. The van der Waals surface area contributed by atoms with Gasteiger partial charge in [0.1, 0.15) is 6.61 Å². The molecule has 0 unspecified atom stereocenters. The van der Waals surface area contributed by atoms with Crippen molar-refractivity contribution in [2.75, 3.05) is 0 Å².